The Labute approximate surface area is 117 Å². The van der Waals surface area contributed by atoms with Crippen molar-refractivity contribution < 1.29 is 9.53 Å². The van der Waals surface area contributed by atoms with E-state index in [1.54, 1.807) is 12.4 Å². The van der Waals surface area contributed by atoms with Crippen molar-refractivity contribution in [2.24, 2.45) is 4.99 Å². The summed E-state index contributed by atoms with van der Waals surface area (Å²) in [6.45, 7) is 5.60. The number of hydrogen-bond acceptors (Lipinski definition) is 4. The Morgan fingerprint density at radius 2 is 2.15 bits per heavy atom. The molecule has 0 atom stereocenters. The van der Waals surface area contributed by atoms with E-state index in [0.717, 1.165) is 21.8 Å². The molecular weight excluding hydrogens is 252 g/mol. The van der Waals surface area contributed by atoms with Crippen LogP contribution in [0.2, 0.25) is 0 Å². The van der Waals surface area contributed by atoms with Crippen molar-refractivity contribution in [2.75, 3.05) is 0 Å². The van der Waals surface area contributed by atoms with Crippen molar-refractivity contribution in [2.45, 2.75) is 32.8 Å². The molecule has 1 aliphatic heterocycles. The molecule has 0 aromatic carbocycles. The van der Waals surface area contributed by atoms with Gasteiger partial charge in [0.15, 0.2) is 0 Å². The smallest absolute Gasteiger partial charge is 0.334 e. The van der Waals surface area contributed by atoms with Crippen molar-refractivity contribution in [3.8, 4) is 0 Å². The summed E-state index contributed by atoms with van der Waals surface area (Å²) in [6, 6.07) is 1.88. The number of aromatic nitrogens is 1. The Bertz CT molecular complexity index is 764. The van der Waals surface area contributed by atoms with Gasteiger partial charge in [-0.25, -0.2) is 9.79 Å². The molecule has 1 aromatic heterocycles. The highest BCUT2D eigenvalue weighted by molar-refractivity contribution is 5.94. The molecule has 0 amide bonds. The van der Waals surface area contributed by atoms with E-state index >= 15 is 0 Å². The van der Waals surface area contributed by atoms with Gasteiger partial charge in [0.1, 0.15) is 5.60 Å². The van der Waals surface area contributed by atoms with Crippen LogP contribution in [0.5, 0.6) is 0 Å². The second-order valence-corrected chi connectivity index (χ2v) is 5.88. The van der Waals surface area contributed by atoms with Crippen LogP contribution in [-0.2, 0) is 9.53 Å². The van der Waals surface area contributed by atoms with Gasteiger partial charge >= 0.3 is 5.97 Å². The highest BCUT2D eigenvalue weighted by atomic mass is 16.6. The Balaban J connectivity index is 2.01. The summed E-state index contributed by atoms with van der Waals surface area (Å²) in [6.07, 6.45) is 7.90. The SMILES string of the molecule is CC(C)(C)OC(=O)C1=CC2=c3cnccc3=NC2=CC1. The average Bonchev–Trinajstić information content (AvgIpc) is 2.74. The zero-order valence-corrected chi connectivity index (χ0v) is 11.8. The molecule has 0 saturated carbocycles. The van der Waals surface area contributed by atoms with Crippen molar-refractivity contribution in [3.05, 3.63) is 52.5 Å². The Morgan fingerprint density at radius 1 is 1.35 bits per heavy atom. The molecule has 0 bridgehead atoms. The molecule has 4 heteroatoms. The fraction of sp³-hybridized carbons (Fsp3) is 0.312. The van der Waals surface area contributed by atoms with Gasteiger partial charge in [-0.1, -0.05) is 6.08 Å². The monoisotopic (exact) mass is 268 g/mol. The minimum absolute atomic E-state index is 0.266. The first-order chi connectivity index (χ1) is 9.44. The van der Waals surface area contributed by atoms with Crippen LogP contribution in [0.4, 0.5) is 0 Å². The van der Waals surface area contributed by atoms with Gasteiger partial charge in [0.25, 0.3) is 0 Å². The van der Waals surface area contributed by atoms with Gasteiger partial charge in [0.05, 0.1) is 11.1 Å². The molecule has 20 heavy (non-hydrogen) atoms. The molecule has 1 aliphatic carbocycles. The summed E-state index contributed by atoms with van der Waals surface area (Å²) in [7, 11) is 0. The lowest BCUT2D eigenvalue weighted by Gasteiger charge is -2.21. The molecule has 0 spiro atoms. The zero-order valence-electron chi connectivity index (χ0n) is 11.8. The van der Waals surface area contributed by atoms with Crippen LogP contribution in [0.25, 0.3) is 5.57 Å². The van der Waals surface area contributed by atoms with Crippen molar-refractivity contribution in [3.63, 3.8) is 0 Å². The van der Waals surface area contributed by atoms with E-state index in [0.29, 0.717) is 12.0 Å². The number of carbonyl (C=O) groups is 1. The third kappa shape index (κ3) is 2.29. The molecule has 0 fully saturated rings. The zero-order chi connectivity index (χ0) is 14.3. The minimum atomic E-state index is -0.480. The second kappa shape index (κ2) is 4.40. The highest BCUT2D eigenvalue weighted by Crippen LogP contribution is 2.26. The number of allylic oxidation sites excluding steroid dienone is 2. The molecular formula is C16H16N2O2. The van der Waals surface area contributed by atoms with Gasteiger partial charge in [-0.15, -0.1) is 0 Å². The Morgan fingerprint density at radius 3 is 2.90 bits per heavy atom. The van der Waals surface area contributed by atoms with E-state index in [-0.39, 0.29) is 5.97 Å². The van der Waals surface area contributed by atoms with E-state index in [2.05, 4.69) is 9.98 Å². The maximum atomic E-state index is 12.1. The van der Waals surface area contributed by atoms with Gasteiger partial charge in [0.2, 0.25) is 0 Å². The number of rotatable bonds is 1. The van der Waals surface area contributed by atoms with Crippen LogP contribution in [0.3, 0.4) is 0 Å². The summed E-state index contributed by atoms with van der Waals surface area (Å²) >= 11 is 0. The van der Waals surface area contributed by atoms with E-state index in [1.165, 1.54) is 0 Å². The molecule has 1 aromatic rings. The van der Waals surface area contributed by atoms with Crippen LogP contribution in [0.15, 0.2) is 46.9 Å². The first-order valence-electron chi connectivity index (χ1n) is 6.61. The molecule has 0 unspecified atom stereocenters. The molecule has 3 rings (SSSR count). The van der Waals surface area contributed by atoms with Gasteiger partial charge in [-0.05, 0) is 39.3 Å². The predicted molar refractivity (Wildman–Crippen MR) is 75.1 cm³/mol. The van der Waals surface area contributed by atoms with Crippen molar-refractivity contribution in [1.82, 2.24) is 4.98 Å². The molecule has 0 N–H and O–H groups in total. The molecule has 2 aliphatic rings. The fourth-order valence-electron chi connectivity index (χ4n) is 2.25. The number of nitrogens with zero attached hydrogens (tertiary/aromatic N) is 2. The van der Waals surface area contributed by atoms with E-state index in [9.17, 15) is 4.79 Å². The molecule has 0 radical (unpaired) electrons. The first-order valence-corrected chi connectivity index (χ1v) is 6.61. The summed E-state index contributed by atoms with van der Waals surface area (Å²) in [5.74, 6) is -0.266. The Hall–Kier alpha value is -2.23. The van der Waals surface area contributed by atoms with E-state index < -0.39 is 5.60 Å². The second-order valence-electron chi connectivity index (χ2n) is 5.88. The third-order valence-corrected chi connectivity index (χ3v) is 3.10. The number of carbonyl (C=O) groups excluding carboxylic acids is 1. The minimum Gasteiger partial charge on any atom is -0.457 e. The fourth-order valence-corrected chi connectivity index (χ4v) is 2.25. The van der Waals surface area contributed by atoms with Crippen LogP contribution in [0.1, 0.15) is 27.2 Å². The van der Waals surface area contributed by atoms with E-state index in [4.69, 9.17) is 4.74 Å². The highest BCUT2D eigenvalue weighted by Gasteiger charge is 2.23. The summed E-state index contributed by atoms with van der Waals surface area (Å²) in [5.41, 5.74) is 2.05. The van der Waals surface area contributed by atoms with Crippen LogP contribution < -0.4 is 10.6 Å². The molecule has 102 valence electrons. The molecule has 4 nitrogen and oxygen atoms in total. The molecule has 2 heterocycles. The van der Waals surface area contributed by atoms with Gasteiger partial charge in [-0.3, -0.25) is 4.98 Å². The van der Waals surface area contributed by atoms with Crippen molar-refractivity contribution in [1.29, 1.82) is 0 Å². The van der Waals surface area contributed by atoms with E-state index in [1.807, 2.05) is 39.0 Å². The lowest BCUT2D eigenvalue weighted by atomic mass is 9.99. The normalized spacial score (nSPS) is 16.6. The van der Waals surface area contributed by atoms with Crippen LogP contribution in [-0.4, -0.2) is 16.6 Å². The molecule has 0 saturated heterocycles. The Kier molecular flexibility index (Phi) is 2.82. The quantitative estimate of drug-likeness (QED) is 0.724. The topological polar surface area (TPSA) is 51.5 Å². The lowest BCUT2D eigenvalue weighted by molar-refractivity contribution is -0.149. The summed E-state index contributed by atoms with van der Waals surface area (Å²) in [5, 5.41) is 1.88. The maximum absolute atomic E-state index is 12.1. The maximum Gasteiger partial charge on any atom is 0.334 e. The number of pyridine rings is 1. The number of fused-ring (bicyclic) bond motifs is 2. The van der Waals surface area contributed by atoms with Gasteiger partial charge in [0, 0.05) is 28.8 Å². The average molecular weight is 268 g/mol. The largest absolute Gasteiger partial charge is 0.457 e. The third-order valence-electron chi connectivity index (χ3n) is 3.10. The standard InChI is InChI=1S/C16H16N2O2/c1-16(2,3)20-15(19)10-4-5-13-11(8-10)12-9-17-7-6-14(12)18-13/h5-9H,4H2,1-3H3. The number of esters is 1. The first kappa shape index (κ1) is 12.8. The van der Waals surface area contributed by atoms with Crippen molar-refractivity contribution >= 4 is 11.5 Å². The van der Waals surface area contributed by atoms with Crippen LogP contribution in [0, 0.1) is 0 Å². The number of ether oxygens (including phenoxy) is 1. The number of hydrogen-bond donors (Lipinski definition) is 0. The van der Waals surface area contributed by atoms with Gasteiger partial charge in [-0.2, -0.15) is 0 Å². The summed E-state index contributed by atoms with van der Waals surface area (Å²) < 4.78 is 5.42. The predicted octanol–water partition coefficient (Wildman–Crippen LogP) is 1.42. The lowest BCUT2D eigenvalue weighted by Crippen LogP contribution is -2.26. The summed E-state index contributed by atoms with van der Waals surface area (Å²) in [4.78, 5) is 20.8. The van der Waals surface area contributed by atoms with Crippen LogP contribution >= 0.6 is 0 Å². The van der Waals surface area contributed by atoms with Gasteiger partial charge < -0.3 is 4.74 Å².